The predicted molar refractivity (Wildman–Crippen MR) is 95.7 cm³/mol. The van der Waals surface area contributed by atoms with Gasteiger partial charge in [0.2, 0.25) is 11.8 Å². The SMILES string of the molecule is CC(C)C(=O)Nc1nccc2nn(CCOc3ncc(C(F)(F)F)cc3F)cc12. The smallest absolute Gasteiger partial charge is 0.417 e. The molecule has 29 heavy (non-hydrogen) atoms. The molecule has 0 unspecified atom stereocenters. The lowest BCUT2D eigenvalue weighted by Crippen LogP contribution is -2.18. The van der Waals surface area contributed by atoms with Crippen molar-refractivity contribution >= 4 is 22.6 Å². The zero-order valence-corrected chi connectivity index (χ0v) is 15.5. The quantitative estimate of drug-likeness (QED) is 0.626. The Labute approximate surface area is 162 Å². The van der Waals surface area contributed by atoms with Crippen molar-refractivity contribution in [2.45, 2.75) is 26.6 Å². The first kappa shape index (κ1) is 20.5. The van der Waals surface area contributed by atoms with Crippen molar-refractivity contribution in [2.75, 3.05) is 11.9 Å². The van der Waals surface area contributed by atoms with E-state index in [4.69, 9.17) is 4.74 Å². The summed E-state index contributed by atoms with van der Waals surface area (Å²) in [7, 11) is 0. The molecule has 0 atom stereocenters. The first-order valence-electron chi connectivity index (χ1n) is 8.63. The molecule has 0 aliphatic heterocycles. The summed E-state index contributed by atoms with van der Waals surface area (Å²) < 4.78 is 58.0. The van der Waals surface area contributed by atoms with Gasteiger partial charge in [-0.3, -0.25) is 9.48 Å². The van der Waals surface area contributed by atoms with E-state index >= 15 is 0 Å². The maximum atomic E-state index is 13.8. The summed E-state index contributed by atoms with van der Waals surface area (Å²) in [5, 5.41) is 7.64. The van der Waals surface area contributed by atoms with Crippen LogP contribution in [0.1, 0.15) is 19.4 Å². The number of amides is 1. The van der Waals surface area contributed by atoms with Crippen molar-refractivity contribution < 1.29 is 27.1 Å². The van der Waals surface area contributed by atoms with Crippen molar-refractivity contribution in [1.29, 1.82) is 0 Å². The Balaban J connectivity index is 1.68. The molecule has 1 N–H and O–H groups in total. The molecule has 0 spiro atoms. The summed E-state index contributed by atoms with van der Waals surface area (Å²) in [6, 6.07) is 1.99. The molecule has 3 heterocycles. The second-order valence-electron chi connectivity index (χ2n) is 6.49. The summed E-state index contributed by atoms with van der Waals surface area (Å²) in [6.07, 6.45) is -1.03. The lowest BCUT2D eigenvalue weighted by atomic mass is 10.2. The minimum absolute atomic E-state index is 0.0790. The Morgan fingerprint density at radius 1 is 1.31 bits per heavy atom. The Bertz CT molecular complexity index is 1030. The average Bonchev–Trinajstić information content (AvgIpc) is 3.06. The number of pyridine rings is 2. The molecule has 0 radical (unpaired) electrons. The number of hydrogen-bond acceptors (Lipinski definition) is 5. The topological polar surface area (TPSA) is 81.9 Å². The minimum atomic E-state index is -4.68. The van der Waals surface area contributed by atoms with Crippen LogP contribution in [-0.2, 0) is 17.5 Å². The second kappa shape index (κ2) is 8.02. The highest BCUT2D eigenvalue weighted by atomic mass is 19.4. The molecular formula is C18H17F4N5O2. The summed E-state index contributed by atoms with van der Waals surface area (Å²) >= 11 is 0. The van der Waals surface area contributed by atoms with Crippen molar-refractivity contribution in [1.82, 2.24) is 19.7 Å². The van der Waals surface area contributed by atoms with Crippen molar-refractivity contribution in [3.8, 4) is 5.88 Å². The lowest BCUT2D eigenvalue weighted by Gasteiger charge is -2.09. The van der Waals surface area contributed by atoms with Crippen LogP contribution in [0.5, 0.6) is 5.88 Å². The molecular weight excluding hydrogens is 394 g/mol. The highest BCUT2D eigenvalue weighted by Gasteiger charge is 2.32. The fourth-order valence-electron chi connectivity index (χ4n) is 2.39. The van der Waals surface area contributed by atoms with Crippen LogP contribution >= 0.6 is 0 Å². The Morgan fingerprint density at radius 3 is 2.72 bits per heavy atom. The summed E-state index contributed by atoms with van der Waals surface area (Å²) in [4.78, 5) is 19.4. The number of carbonyl (C=O) groups is 1. The third-order valence-electron chi connectivity index (χ3n) is 3.94. The minimum Gasteiger partial charge on any atom is -0.474 e. The van der Waals surface area contributed by atoms with Gasteiger partial charge < -0.3 is 10.1 Å². The number of nitrogens with zero attached hydrogens (tertiary/aromatic N) is 4. The van der Waals surface area contributed by atoms with E-state index in [1.54, 1.807) is 26.1 Å². The molecule has 0 aliphatic carbocycles. The third-order valence-corrected chi connectivity index (χ3v) is 3.94. The van der Waals surface area contributed by atoms with Gasteiger partial charge in [0, 0.05) is 24.5 Å². The monoisotopic (exact) mass is 411 g/mol. The third kappa shape index (κ3) is 4.79. The number of rotatable bonds is 6. The van der Waals surface area contributed by atoms with Crippen LogP contribution in [0.25, 0.3) is 10.9 Å². The van der Waals surface area contributed by atoms with Gasteiger partial charge >= 0.3 is 6.18 Å². The predicted octanol–water partition coefficient (Wildman–Crippen LogP) is 3.66. The molecule has 0 bridgehead atoms. The van der Waals surface area contributed by atoms with Crippen molar-refractivity contribution in [3.63, 3.8) is 0 Å². The highest BCUT2D eigenvalue weighted by Crippen LogP contribution is 2.30. The van der Waals surface area contributed by atoms with Gasteiger partial charge in [0.05, 0.1) is 23.0 Å². The largest absolute Gasteiger partial charge is 0.474 e. The maximum Gasteiger partial charge on any atom is 0.417 e. The van der Waals surface area contributed by atoms with E-state index in [0.717, 1.165) is 0 Å². The van der Waals surface area contributed by atoms with Gasteiger partial charge in [-0.2, -0.15) is 18.3 Å². The van der Waals surface area contributed by atoms with Gasteiger partial charge in [-0.05, 0) is 12.1 Å². The van der Waals surface area contributed by atoms with Gasteiger partial charge in [-0.25, -0.2) is 14.4 Å². The summed E-state index contributed by atoms with van der Waals surface area (Å²) in [5.41, 5.74) is -0.609. The number of fused-ring (bicyclic) bond motifs is 1. The van der Waals surface area contributed by atoms with Crippen LogP contribution in [0, 0.1) is 11.7 Å². The van der Waals surface area contributed by atoms with Gasteiger partial charge in [0.1, 0.15) is 12.4 Å². The first-order valence-corrected chi connectivity index (χ1v) is 8.63. The van der Waals surface area contributed by atoms with E-state index in [2.05, 4.69) is 20.4 Å². The molecule has 154 valence electrons. The average molecular weight is 411 g/mol. The van der Waals surface area contributed by atoms with E-state index in [1.165, 1.54) is 10.9 Å². The van der Waals surface area contributed by atoms with Crippen molar-refractivity contribution in [2.24, 2.45) is 5.92 Å². The molecule has 0 fully saturated rings. The van der Waals surface area contributed by atoms with Crippen molar-refractivity contribution in [3.05, 3.63) is 42.1 Å². The van der Waals surface area contributed by atoms with Crippen LogP contribution in [0.3, 0.4) is 0 Å². The molecule has 3 aromatic heterocycles. The Morgan fingerprint density at radius 2 is 2.07 bits per heavy atom. The molecule has 1 amide bonds. The number of nitrogens with one attached hydrogen (secondary N) is 1. The van der Waals surface area contributed by atoms with E-state index in [-0.39, 0.29) is 25.0 Å². The zero-order valence-electron chi connectivity index (χ0n) is 15.5. The van der Waals surface area contributed by atoms with Gasteiger partial charge in [-0.1, -0.05) is 13.8 Å². The highest BCUT2D eigenvalue weighted by molar-refractivity contribution is 5.99. The van der Waals surface area contributed by atoms with E-state index in [9.17, 15) is 22.4 Å². The van der Waals surface area contributed by atoms with Gasteiger partial charge in [0.25, 0.3) is 0 Å². The van der Waals surface area contributed by atoms with Crippen LogP contribution in [0.4, 0.5) is 23.4 Å². The number of alkyl halides is 3. The van der Waals surface area contributed by atoms with Crippen LogP contribution in [0.2, 0.25) is 0 Å². The fourth-order valence-corrected chi connectivity index (χ4v) is 2.39. The van der Waals surface area contributed by atoms with Crippen LogP contribution in [-0.4, -0.2) is 32.3 Å². The Kier molecular flexibility index (Phi) is 5.66. The molecule has 3 rings (SSSR count). The van der Waals surface area contributed by atoms with Crippen LogP contribution < -0.4 is 10.1 Å². The molecule has 11 heteroatoms. The number of hydrogen-bond donors (Lipinski definition) is 1. The van der Waals surface area contributed by atoms with Gasteiger partial charge in [0.15, 0.2) is 5.82 Å². The fraction of sp³-hybridized carbons (Fsp3) is 0.333. The number of anilines is 1. The number of carbonyl (C=O) groups excluding carboxylic acids is 1. The number of ether oxygens (including phenoxy) is 1. The molecule has 0 saturated carbocycles. The summed E-state index contributed by atoms with van der Waals surface area (Å²) in [6.45, 7) is 3.61. The van der Waals surface area contributed by atoms with E-state index in [1.807, 2.05) is 0 Å². The van der Waals surface area contributed by atoms with Crippen LogP contribution in [0.15, 0.2) is 30.7 Å². The van der Waals surface area contributed by atoms with Gasteiger partial charge in [-0.15, -0.1) is 0 Å². The standard InChI is InChI=1S/C18H17F4N5O2/c1-10(2)16(28)25-15-12-9-27(26-14(12)3-4-23-15)5-6-29-17-13(19)7-11(8-24-17)18(20,21)22/h3-4,7-10H,5-6H2,1-2H3,(H,23,25,28). The zero-order chi connectivity index (χ0) is 21.2. The normalized spacial score (nSPS) is 11.8. The van der Waals surface area contributed by atoms with E-state index < -0.39 is 23.4 Å². The first-order chi connectivity index (χ1) is 13.6. The number of halogens is 4. The molecule has 0 aromatic carbocycles. The molecule has 0 aliphatic rings. The molecule has 0 saturated heterocycles. The molecule has 7 nitrogen and oxygen atoms in total. The summed E-state index contributed by atoms with van der Waals surface area (Å²) in [5.74, 6) is -1.77. The number of aromatic nitrogens is 4. The lowest BCUT2D eigenvalue weighted by molar-refractivity contribution is -0.138. The second-order valence-corrected chi connectivity index (χ2v) is 6.49. The maximum absolute atomic E-state index is 13.8. The molecule has 3 aromatic rings. The Hall–Kier alpha value is -3.24. The van der Waals surface area contributed by atoms with E-state index in [0.29, 0.717) is 29.0 Å².